The third-order valence-electron chi connectivity index (χ3n) is 4.68. The number of methoxy groups -OCH3 is 2. The lowest BCUT2D eigenvalue weighted by Gasteiger charge is -2.27. The molecule has 0 saturated carbocycles. The number of ether oxygens (including phenoxy) is 2. The number of benzene rings is 3. The van der Waals surface area contributed by atoms with Gasteiger partial charge < -0.3 is 19.7 Å². The fourth-order valence-corrected chi connectivity index (χ4v) is 3.57. The van der Waals surface area contributed by atoms with Gasteiger partial charge in [-0.1, -0.05) is 41.9 Å². The van der Waals surface area contributed by atoms with Crippen LogP contribution < -0.4 is 14.8 Å². The van der Waals surface area contributed by atoms with Crippen LogP contribution in [0.15, 0.2) is 66.7 Å². The zero-order valence-electron chi connectivity index (χ0n) is 17.3. The molecule has 30 heavy (non-hydrogen) atoms. The van der Waals surface area contributed by atoms with E-state index in [-0.39, 0.29) is 0 Å². The molecule has 0 aliphatic heterocycles. The molecule has 0 amide bonds. The molecule has 3 aromatic rings. The number of aryl methyl sites for hydroxylation is 1. The van der Waals surface area contributed by atoms with Crippen molar-refractivity contribution < 1.29 is 9.47 Å². The smallest absolute Gasteiger partial charge is 0.174 e. The summed E-state index contributed by atoms with van der Waals surface area (Å²) in [4.78, 5) is 2.10. The Hall–Kier alpha value is -2.76. The number of nitrogens with zero attached hydrogens (tertiary/aromatic N) is 1. The highest BCUT2D eigenvalue weighted by atomic mass is 35.5. The fourth-order valence-electron chi connectivity index (χ4n) is 3.12. The predicted molar refractivity (Wildman–Crippen MR) is 128 cm³/mol. The highest BCUT2D eigenvalue weighted by Gasteiger charge is 2.14. The minimum Gasteiger partial charge on any atom is -0.497 e. The topological polar surface area (TPSA) is 33.7 Å². The molecule has 0 aliphatic rings. The number of anilines is 1. The third-order valence-corrected chi connectivity index (χ3v) is 5.27. The van der Waals surface area contributed by atoms with Crippen LogP contribution in [0.25, 0.3) is 0 Å². The number of hydrogen-bond donors (Lipinski definition) is 1. The SMILES string of the molecule is COc1ccc(CN(Cc2cccc(Cl)c2)C(=S)Nc2cc(C)ccc2OC)cc1. The summed E-state index contributed by atoms with van der Waals surface area (Å²) in [6, 6.07) is 21.8. The molecule has 0 unspecified atom stereocenters. The number of hydrogen-bond acceptors (Lipinski definition) is 3. The second-order valence-electron chi connectivity index (χ2n) is 6.97. The number of halogens is 1. The summed E-state index contributed by atoms with van der Waals surface area (Å²) in [5.41, 5.74) is 4.17. The largest absolute Gasteiger partial charge is 0.497 e. The molecule has 0 bridgehead atoms. The van der Waals surface area contributed by atoms with Crippen molar-refractivity contribution in [2.24, 2.45) is 0 Å². The van der Waals surface area contributed by atoms with Crippen molar-refractivity contribution >= 4 is 34.6 Å². The molecule has 0 spiro atoms. The Morgan fingerprint density at radius 1 is 0.933 bits per heavy atom. The summed E-state index contributed by atoms with van der Waals surface area (Å²) >= 11 is 12.0. The zero-order chi connectivity index (χ0) is 21.5. The molecule has 0 heterocycles. The third kappa shape index (κ3) is 5.88. The summed E-state index contributed by atoms with van der Waals surface area (Å²) in [7, 11) is 3.31. The van der Waals surface area contributed by atoms with Crippen molar-refractivity contribution in [2.75, 3.05) is 19.5 Å². The molecular formula is C24H25ClN2O2S. The van der Waals surface area contributed by atoms with E-state index in [1.54, 1.807) is 14.2 Å². The van der Waals surface area contributed by atoms with Crippen molar-refractivity contribution in [3.05, 3.63) is 88.4 Å². The molecule has 6 heteroatoms. The summed E-state index contributed by atoms with van der Waals surface area (Å²) < 4.78 is 10.8. The molecule has 0 saturated heterocycles. The minimum absolute atomic E-state index is 0.606. The number of thiocarbonyl (C=S) groups is 1. The van der Waals surface area contributed by atoms with E-state index in [9.17, 15) is 0 Å². The molecule has 0 aromatic heterocycles. The van der Waals surface area contributed by atoms with Crippen LogP contribution >= 0.6 is 23.8 Å². The normalized spacial score (nSPS) is 10.4. The first-order valence-corrected chi connectivity index (χ1v) is 10.3. The van der Waals surface area contributed by atoms with Gasteiger partial charge in [0, 0.05) is 18.1 Å². The summed E-state index contributed by atoms with van der Waals surface area (Å²) in [6.45, 7) is 3.29. The van der Waals surface area contributed by atoms with E-state index in [1.165, 1.54) is 0 Å². The van der Waals surface area contributed by atoms with Crippen LogP contribution in [0.3, 0.4) is 0 Å². The lowest BCUT2D eigenvalue weighted by atomic mass is 10.1. The molecule has 3 rings (SSSR count). The molecule has 4 nitrogen and oxygen atoms in total. The highest BCUT2D eigenvalue weighted by Crippen LogP contribution is 2.26. The Bertz CT molecular complexity index is 1010. The second kappa shape index (κ2) is 10.3. The van der Waals surface area contributed by atoms with E-state index in [0.717, 1.165) is 33.9 Å². The van der Waals surface area contributed by atoms with Gasteiger partial charge in [0.15, 0.2) is 5.11 Å². The van der Waals surface area contributed by atoms with Gasteiger partial charge in [0.25, 0.3) is 0 Å². The van der Waals surface area contributed by atoms with Gasteiger partial charge in [-0.15, -0.1) is 0 Å². The molecule has 3 aromatic carbocycles. The van der Waals surface area contributed by atoms with Crippen molar-refractivity contribution in [1.29, 1.82) is 0 Å². The standard InChI is InChI=1S/C24H25ClN2O2S/c1-17-7-12-23(29-3)22(13-17)26-24(30)27(16-19-5-4-6-20(25)14-19)15-18-8-10-21(28-2)11-9-18/h4-14H,15-16H2,1-3H3,(H,26,30). The Balaban J connectivity index is 1.85. The van der Waals surface area contributed by atoms with E-state index in [4.69, 9.17) is 33.3 Å². The van der Waals surface area contributed by atoms with E-state index in [1.807, 2.05) is 73.7 Å². The van der Waals surface area contributed by atoms with E-state index < -0.39 is 0 Å². The van der Waals surface area contributed by atoms with Crippen LogP contribution in [0.5, 0.6) is 11.5 Å². The van der Waals surface area contributed by atoms with E-state index in [0.29, 0.717) is 23.2 Å². The summed E-state index contributed by atoms with van der Waals surface area (Å²) in [6.07, 6.45) is 0. The summed E-state index contributed by atoms with van der Waals surface area (Å²) in [5.74, 6) is 1.57. The molecule has 156 valence electrons. The maximum atomic E-state index is 6.19. The van der Waals surface area contributed by atoms with Crippen molar-refractivity contribution in [1.82, 2.24) is 4.90 Å². The van der Waals surface area contributed by atoms with E-state index >= 15 is 0 Å². The van der Waals surface area contributed by atoms with Gasteiger partial charge in [-0.3, -0.25) is 0 Å². The molecule has 0 aliphatic carbocycles. The Morgan fingerprint density at radius 3 is 2.33 bits per heavy atom. The van der Waals surface area contributed by atoms with E-state index in [2.05, 4.69) is 10.2 Å². The van der Waals surface area contributed by atoms with Gasteiger partial charge in [-0.05, 0) is 72.2 Å². The van der Waals surface area contributed by atoms with Crippen molar-refractivity contribution in [3.8, 4) is 11.5 Å². The first-order chi connectivity index (χ1) is 14.5. The lowest BCUT2D eigenvalue weighted by molar-refractivity contribution is 0.405. The maximum Gasteiger partial charge on any atom is 0.174 e. The Kier molecular flexibility index (Phi) is 7.55. The lowest BCUT2D eigenvalue weighted by Crippen LogP contribution is -2.34. The van der Waals surface area contributed by atoms with Gasteiger partial charge in [-0.25, -0.2) is 0 Å². The second-order valence-corrected chi connectivity index (χ2v) is 7.79. The number of nitrogens with one attached hydrogen (secondary N) is 1. The van der Waals surface area contributed by atoms with Gasteiger partial charge in [0.1, 0.15) is 11.5 Å². The van der Waals surface area contributed by atoms with Gasteiger partial charge in [-0.2, -0.15) is 0 Å². The number of rotatable bonds is 7. The predicted octanol–water partition coefficient (Wildman–Crippen LogP) is 6.06. The first kappa shape index (κ1) is 21.9. The van der Waals surface area contributed by atoms with Crippen LogP contribution in [-0.4, -0.2) is 24.2 Å². The summed E-state index contributed by atoms with van der Waals surface area (Å²) in [5, 5.41) is 4.67. The molecule has 0 fully saturated rings. The zero-order valence-corrected chi connectivity index (χ0v) is 18.9. The van der Waals surface area contributed by atoms with Crippen molar-refractivity contribution in [2.45, 2.75) is 20.0 Å². The molecule has 1 N–H and O–H groups in total. The van der Waals surface area contributed by atoms with Gasteiger partial charge >= 0.3 is 0 Å². The van der Waals surface area contributed by atoms with Crippen LogP contribution in [-0.2, 0) is 13.1 Å². The van der Waals surface area contributed by atoms with Crippen molar-refractivity contribution in [3.63, 3.8) is 0 Å². The molecule has 0 atom stereocenters. The van der Waals surface area contributed by atoms with Crippen LogP contribution in [0.4, 0.5) is 5.69 Å². The highest BCUT2D eigenvalue weighted by molar-refractivity contribution is 7.80. The fraction of sp³-hybridized carbons (Fsp3) is 0.208. The molecule has 0 radical (unpaired) electrons. The molecular weight excluding hydrogens is 416 g/mol. The van der Waals surface area contributed by atoms with Gasteiger partial charge in [0.2, 0.25) is 0 Å². The minimum atomic E-state index is 0.606. The quantitative estimate of drug-likeness (QED) is 0.451. The Morgan fingerprint density at radius 2 is 1.67 bits per heavy atom. The van der Waals surface area contributed by atoms with Crippen LogP contribution in [0.2, 0.25) is 5.02 Å². The average molecular weight is 441 g/mol. The van der Waals surface area contributed by atoms with Gasteiger partial charge in [0.05, 0.1) is 19.9 Å². The van der Waals surface area contributed by atoms with Crippen LogP contribution in [0.1, 0.15) is 16.7 Å². The Labute approximate surface area is 188 Å². The monoisotopic (exact) mass is 440 g/mol. The average Bonchev–Trinajstić information content (AvgIpc) is 2.74. The van der Waals surface area contributed by atoms with Crippen LogP contribution in [0, 0.1) is 6.92 Å². The maximum absolute atomic E-state index is 6.19. The first-order valence-electron chi connectivity index (χ1n) is 9.56.